The van der Waals surface area contributed by atoms with Crippen LogP contribution >= 0.6 is 12.6 Å². The number of hydrogen-bond donors (Lipinski definition) is 2. The largest absolute Gasteiger partial charge is 0.481 e. The molecular weight excluding hydrogens is 256 g/mol. The predicted octanol–water partition coefficient (Wildman–Crippen LogP) is 1.68. The average molecular weight is 272 g/mol. The average Bonchev–Trinajstić information content (AvgIpc) is 2.31. The fraction of sp³-hybridized carbons (Fsp3) is 0.333. The summed E-state index contributed by atoms with van der Waals surface area (Å²) in [6.45, 7) is 1.08. The van der Waals surface area contributed by atoms with Gasteiger partial charge in [0, 0.05) is 26.7 Å². The summed E-state index contributed by atoms with van der Waals surface area (Å²) in [7, 11) is 2.81. The van der Waals surface area contributed by atoms with Crippen LogP contribution in [0.15, 0.2) is 30.3 Å². The maximum absolute atomic E-state index is 11.3. The Labute approximate surface area is 111 Å². The Bertz CT molecular complexity index is 383. The lowest BCUT2D eigenvalue weighted by molar-refractivity contribution is -0.204. The molecule has 0 aromatic heterocycles. The van der Waals surface area contributed by atoms with E-state index in [1.54, 1.807) is 24.3 Å². The van der Waals surface area contributed by atoms with Crippen molar-refractivity contribution in [2.24, 2.45) is 0 Å². The maximum atomic E-state index is 11.3. The SMILES string of the molecule is CC(=O)O.COC(OC)(C(=O)S)c1ccccc1. The third kappa shape index (κ3) is 4.48. The van der Waals surface area contributed by atoms with Gasteiger partial charge in [0.2, 0.25) is 5.12 Å². The Morgan fingerprint density at radius 3 is 1.83 bits per heavy atom. The van der Waals surface area contributed by atoms with Crippen molar-refractivity contribution < 1.29 is 24.2 Å². The number of carboxylic acids is 1. The first-order valence-electron chi connectivity index (χ1n) is 4.99. The van der Waals surface area contributed by atoms with E-state index in [0.29, 0.717) is 5.56 Å². The molecule has 5 nitrogen and oxygen atoms in total. The van der Waals surface area contributed by atoms with E-state index < -0.39 is 16.9 Å². The number of ether oxygens (including phenoxy) is 2. The molecular formula is C12H16O5S. The molecule has 1 aromatic carbocycles. The highest BCUT2D eigenvalue weighted by Crippen LogP contribution is 2.28. The topological polar surface area (TPSA) is 72.8 Å². The number of rotatable bonds is 4. The minimum Gasteiger partial charge on any atom is -0.481 e. The molecule has 1 aromatic rings. The van der Waals surface area contributed by atoms with Crippen LogP contribution in [0.4, 0.5) is 0 Å². The molecule has 0 unspecified atom stereocenters. The second-order valence-electron chi connectivity index (χ2n) is 3.22. The highest BCUT2D eigenvalue weighted by Gasteiger charge is 2.38. The molecule has 0 heterocycles. The second kappa shape index (κ2) is 7.86. The van der Waals surface area contributed by atoms with Crippen molar-refractivity contribution in [1.82, 2.24) is 0 Å². The lowest BCUT2D eigenvalue weighted by atomic mass is 10.1. The first-order chi connectivity index (χ1) is 8.40. The van der Waals surface area contributed by atoms with Gasteiger partial charge in [0.05, 0.1) is 0 Å². The van der Waals surface area contributed by atoms with E-state index in [1.165, 1.54) is 14.2 Å². The van der Waals surface area contributed by atoms with Gasteiger partial charge in [-0.2, -0.15) is 0 Å². The summed E-state index contributed by atoms with van der Waals surface area (Å²) in [5, 5.41) is 6.94. The fourth-order valence-electron chi connectivity index (χ4n) is 1.27. The van der Waals surface area contributed by atoms with Gasteiger partial charge in [0.15, 0.2) is 0 Å². The molecule has 0 radical (unpaired) electrons. The number of hydrogen-bond acceptors (Lipinski definition) is 4. The summed E-state index contributed by atoms with van der Waals surface area (Å²) in [5.74, 6) is -2.23. The van der Waals surface area contributed by atoms with Gasteiger partial charge >= 0.3 is 0 Å². The van der Waals surface area contributed by atoms with Crippen molar-refractivity contribution in [3.05, 3.63) is 35.9 Å². The van der Waals surface area contributed by atoms with Gasteiger partial charge in [-0.05, 0) is 0 Å². The van der Waals surface area contributed by atoms with Crippen molar-refractivity contribution in [2.45, 2.75) is 12.7 Å². The van der Waals surface area contributed by atoms with Crippen LogP contribution in [0, 0.1) is 0 Å². The van der Waals surface area contributed by atoms with Crippen LogP contribution in [0.5, 0.6) is 0 Å². The summed E-state index contributed by atoms with van der Waals surface area (Å²) >= 11 is 3.76. The van der Waals surface area contributed by atoms with E-state index in [-0.39, 0.29) is 0 Å². The molecule has 0 saturated carbocycles. The minimum absolute atomic E-state index is 0.478. The van der Waals surface area contributed by atoms with Crippen molar-refractivity contribution in [2.75, 3.05) is 14.2 Å². The van der Waals surface area contributed by atoms with E-state index in [9.17, 15) is 4.79 Å². The highest BCUT2D eigenvalue weighted by molar-refractivity contribution is 7.96. The van der Waals surface area contributed by atoms with Crippen LogP contribution in [0.3, 0.4) is 0 Å². The number of carbonyl (C=O) groups excluding carboxylic acids is 1. The molecule has 6 heteroatoms. The minimum atomic E-state index is -1.40. The lowest BCUT2D eigenvalue weighted by Crippen LogP contribution is -2.37. The zero-order valence-corrected chi connectivity index (χ0v) is 11.3. The van der Waals surface area contributed by atoms with Gasteiger partial charge < -0.3 is 14.6 Å². The number of methoxy groups -OCH3 is 2. The van der Waals surface area contributed by atoms with Crippen LogP contribution in [-0.2, 0) is 24.8 Å². The summed E-state index contributed by atoms with van der Waals surface area (Å²) in [6.07, 6.45) is 0. The molecule has 18 heavy (non-hydrogen) atoms. The second-order valence-corrected chi connectivity index (χ2v) is 3.62. The van der Waals surface area contributed by atoms with Crippen molar-refractivity contribution in [3.63, 3.8) is 0 Å². The zero-order chi connectivity index (χ0) is 14.2. The Morgan fingerprint density at radius 2 is 1.56 bits per heavy atom. The summed E-state index contributed by atoms with van der Waals surface area (Å²) in [6, 6.07) is 8.96. The number of benzene rings is 1. The van der Waals surface area contributed by atoms with Gasteiger partial charge in [-0.1, -0.05) is 43.0 Å². The third-order valence-corrected chi connectivity index (χ3v) is 2.30. The molecule has 0 aliphatic carbocycles. The molecule has 0 aliphatic heterocycles. The van der Waals surface area contributed by atoms with E-state index in [0.717, 1.165) is 6.92 Å². The van der Waals surface area contributed by atoms with Crippen LogP contribution in [0.25, 0.3) is 0 Å². The molecule has 1 N–H and O–H groups in total. The Kier molecular flexibility index (Phi) is 7.26. The van der Waals surface area contributed by atoms with Gasteiger partial charge in [0.25, 0.3) is 11.8 Å². The van der Waals surface area contributed by atoms with Crippen LogP contribution in [0.1, 0.15) is 12.5 Å². The summed E-state index contributed by atoms with van der Waals surface area (Å²) in [5.41, 5.74) is 0.630. The number of carboxylic acid groups (broad SMARTS) is 1. The normalized spacial score (nSPS) is 10.2. The zero-order valence-electron chi connectivity index (χ0n) is 10.4. The molecule has 1 rings (SSSR count). The molecule has 0 saturated heterocycles. The smallest absolute Gasteiger partial charge is 0.300 e. The maximum Gasteiger partial charge on any atom is 0.300 e. The fourth-order valence-corrected chi connectivity index (χ4v) is 1.59. The number of aliphatic carboxylic acids is 1. The molecule has 100 valence electrons. The molecule has 0 atom stereocenters. The predicted molar refractivity (Wildman–Crippen MR) is 69.4 cm³/mol. The Balaban J connectivity index is 0.000000631. The first kappa shape index (κ1) is 16.6. The highest BCUT2D eigenvalue weighted by atomic mass is 32.1. The van der Waals surface area contributed by atoms with Crippen molar-refractivity contribution in [3.8, 4) is 0 Å². The van der Waals surface area contributed by atoms with E-state index in [4.69, 9.17) is 19.4 Å². The Morgan fingerprint density at radius 1 is 1.17 bits per heavy atom. The van der Waals surface area contributed by atoms with Gasteiger partial charge in [0.1, 0.15) is 0 Å². The summed E-state index contributed by atoms with van der Waals surface area (Å²) < 4.78 is 10.2. The van der Waals surface area contributed by atoms with Gasteiger partial charge in [-0.25, -0.2) is 0 Å². The third-order valence-electron chi connectivity index (χ3n) is 2.01. The van der Waals surface area contributed by atoms with Gasteiger partial charge in [-0.15, -0.1) is 0 Å². The lowest BCUT2D eigenvalue weighted by Gasteiger charge is -2.27. The van der Waals surface area contributed by atoms with E-state index >= 15 is 0 Å². The standard InChI is InChI=1S/C10H12O3S.C2H4O2/c1-12-10(13-2,9(11)14)8-6-4-3-5-7-8;1-2(3)4/h3-7H,1-2H3,(H,11,14);1H3,(H,3,4). The van der Waals surface area contributed by atoms with Crippen LogP contribution in [-0.4, -0.2) is 30.4 Å². The summed E-state index contributed by atoms with van der Waals surface area (Å²) in [4.78, 5) is 20.3. The molecule has 0 spiro atoms. The monoisotopic (exact) mass is 272 g/mol. The van der Waals surface area contributed by atoms with Crippen LogP contribution < -0.4 is 0 Å². The number of thiol groups is 1. The Hall–Kier alpha value is -1.37. The molecule has 0 amide bonds. The number of carbonyl (C=O) groups is 2. The van der Waals surface area contributed by atoms with E-state index in [2.05, 4.69) is 12.6 Å². The molecule has 0 bridgehead atoms. The molecule has 0 fully saturated rings. The van der Waals surface area contributed by atoms with E-state index in [1.807, 2.05) is 6.07 Å². The molecule has 0 aliphatic rings. The van der Waals surface area contributed by atoms with Crippen molar-refractivity contribution in [1.29, 1.82) is 0 Å². The van der Waals surface area contributed by atoms with Gasteiger partial charge in [-0.3, -0.25) is 9.59 Å². The first-order valence-corrected chi connectivity index (χ1v) is 5.44. The van der Waals surface area contributed by atoms with Crippen LogP contribution in [0.2, 0.25) is 0 Å². The quantitative estimate of drug-likeness (QED) is 0.644. The van der Waals surface area contributed by atoms with Crippen molar-refractivity contribution >= 4 is 23.7 Å².